The van der Waals surface area contributed by atoms with Crippen LogP contribution in [0.25, 0.3) is 10.8 Å². The van der Waals surface area contributed by atoms with E-state index in [1.165, 1.54) is 18.6 Å². The Morgan fingerprint density at radius 2 is 2.22 bits per heavy atom. The highest BCUT2D eigenvalue weighted by Gasteiger charge is 2.37. The van der Waals surface area contributed by atoms with Crippen LogP contribution in [0.5, 0.6) is 0 Å². The number of hydrogen-bond acceptors (Lipinski definition) is 4. The Morgan fingerprint density at radius 3 is 3.00 bits per heavy atom. The number of H-pyrrole nitrogens is 1. The molecule has 0 unspecified atom stereocenters. The molecule has 0 amide bonds. The number of aromatic amines is 1. The fourth-order valence-electron chi connectivity index (χ4n) is 4.35. The predicted molar refractivity (Wildman–Crippen MR) is 88.4 cm³/mol. The minimum absolute atomic E-state index is 0.155. The van der Waals surface area contributed by atoms with Crippen LogP contribution in [0.3, 0.4) is 0 Å². The average Bonchev–Trinajstić information content (AvgIpc) is 2.50. The van der Waals surface area contributed by atoms with Gasteiger partial charge in [0.2, 0.25) is 0 Å². The summed E-state index contributed by atoms with van der Waals surface area (Å²) in [7, 11) is 2.15. The van der Waals surface area contributed by atoms with E-state index in [4.69, 9.17) is 0 Å². The van der Waals surface area contributed by atoms with Crippen molar-refractivity contribution in [2.24, 2.45) is 5.92 Å². The maximum absolute atomic E-state index is 13.8. The Bertz CT molecular complexity index is 818. The fraction of sp³-hybridized carbons (Fsp3) is 0.529. The molecular formula is C17H21FN4O. The van der Waals surface area contributed by atoms with Gasteiger partial charge in [0.25, 0.3) is 5.56 Å². The second-order valence-electron chi connectivity index (χ2n) is 6.94. The van der Waals surface area contributed by atoms with Crippen LogP contribution in [-0.4, -0.2) is 41.3 Å². The van der Waals surface area contributed by atoms with Crippen LogP contribution in [0.4, 0.5) is 10.1 Å². The molecule has 1 aromatic heterocycles. The third-order valence-electron chi connectivity index (χ3n) is 5.29. The molecule has 23 heavy (non-hydrogen) atoms. The Morgan fingerprint density at radius 1 is 1.39 bits per heavy atom. The van der Waals surface area contributed by atoms with Gasteiger partial charge < -0.3 is 10.2 Å². The van der Waals surface area contributed by atoms with E-state index < -0.39 is 5.82 Å². The lowest BCUT2D eigenvalue weighted by Gasteiger charge is -2.40. The second kappa shape index (κ2) is 5.30. The summed E-state index contributed by atoms with van der Waals surface area (Å²) >= 11 is 0. The standard InChI is InChI=1S/C17H21FN4O/c1-9-14(10-4-3-5-22(2)8-10)16-15-12(17(23)21-20-16)6-11(18)7-13(15)19-9/h6-7,9-10,14,19H,3-5,8H2,1-2H3,(H,21,23)/t9-,10+,14-/m1/s1. The summed E-state index contributed by atoms with van der Waals surface area (Å²) in [6.07, 6.45) is 2.33. The van der Waals surface area contributed by atoms with Gasteiger partial charge in [-0.05, 0) is 51.4 Å². The zero-order valence-corrected chi connectivity index (χ0v) is 13.4. The van der Waals surface area contributed by atoms with E-state index in [0.717, 1.165) is 30.6 Å². The van der Waals surface area contributed by atoms with Gasteiger partial charge in [-0.25, -0.2) is 9.49 Å². The van der Waals surface area contributed by atoms with E-state index in [1.807, 2.05) is 0 Å². The smallest absolute Gasteiger partial charge is 0.272 e. The quantitative estimate of drug-likeness (QED) is 0.847. The van der Waals surface area contributed by atoms with Gasteiger partial charge in [-0.3, -0.25) is 4.79 Å². The first-order valence-electron chi connectivity index (χ1n) is 8.21. The summed E-state index contributed by atoms with van der Waals surface area (Å²) in [5.74, 6) is 0.303. The molecule has 122 valence electrons. The summed E-state index contributed by atoms with van der Waals surface area (Å²) in [5, 5.41) is 11.5. The lowest BCUT2D eigenvalue weighted by atomic mass is 9.76. The molecule has 2 aliphatic rings. The van der Waals surface area contributed by atoms with Crippen LogP contribution in [0.2, 0.25) is 0 Å². The molecule has 0 aliphatic carbocycles. The van der Waals surface area contributed by atoms with E-state index >= 15 is 0 Å². The summed E-state index contributed by atoms with van der Waals surface area (Å²) in [6.45, 7) is 4.27. The zero-order chi connectivity index (χ0) is 16.1. The van der Waals surface area contributed by atoms with Crippen LogP contribution in [0.15, 0.2) is 16.9 Å². The number of nitrogens with zero attached hydrogens (tertiary/aromatic N) is 2. The Hall–Kier alpha value is -1.95. The molecule has 2 aliphatic heterocycles. The number of hydrogen-bond donors (Lipinski definition) is 2. The lowest BCUT2D eigenvalue weighted by Crippen LogP contribution is -2.42. The SMILES string of the molecule is C[C@H]1Nc2cc(F)cc3c(=O)[nH]nc(c23)[C@H]1[C@H]1CCCN(C)C1. The molecule has 3 atom stereocenters. The normalized spacial score (nSPS) is 27.9. The van der Waals surface area contributed by atoms with E-state index in [1.54, 1.807) is 0 Å². The molecule has 0 bridgehead atoms. The Labute approximate surface area is 133 Å². The fourth-order valence-corrected chi connectivity index (χ4v) is 4.35. The molecule has 0 saturated carbocycles. The summed E-state index contributed by atoms with van der Waals surface area (Å²) in [6, 6.07) is 2.93. The molecule has 2 aromatic rings. The largest absolute Gasteiger partial charge is 0.381 e. The van der Waals surface area contributed by atoms with Gasteiger partial charge in [-0.2, -0.15) is 5.10 Å². The van der Waals surface area contributed by atoms with E-state index in [2.05, 4.69) is 34.4 Å². The minimum atomic E-state index is -0.398. The molecule has 2 N–H and O–H groups in total. The van der Waals surface area contributed by atoms with Crippen LogP contribution in [-0.2, 0) is 0 Å². The number of anilines is 1. The van der Waals surface area contributed by atoms with Crippen molar-refractivity contribution in [3.63, 3.8) is 0 Å². The highest BCUT2D eigenvalue weighted by atomic mass is 19.1. The van der Waals surface area contributed by atoms with Gasteiger partial charge in [0, 0.05) is 29.6 Å². The maximum Gasteiger partial charge on any atom is 0.272 e. The molecule has 0 radical (unpaired) electrons. The molecule has 1 fully saturated rings. The first kappa shape index (κ1) is 14.6. The van der Waals surface area contributed by atoms with Crippen LogP contribution >= 0.6 is 0 Å². The molecule has 0 spiro atoms. The molecular weight excluding hydrogens is 295 g/mol. The lowest BCUT2D eigenvalue weighted by molar-refractivity contribution is 0.179. The maximum atomic E-state index is 13.8. The molecule has 4 rings (SSSR count). The van der Waals surface area contributed by atoms with Gasteiger partial charge in [-0.15, -0.1) is 0 Å². The Balaban J connectivity index is 1.90. The van der Waals surface area contributed by atoms with Crippen molar-refractivity contribution in [3.05, 3.63) is 34.0 Å². The van der Waals surface area contributed by atoms with Crippen molar-refractivity contribution in [2.75, 3.05) is 25.5 Å². The first-order valence-corrected chi connectivity index (χ1v) is 8.21. The van der Waals surface area contributed by atoms with Gasteiger partial charge in [0.1, 0.15) is 5.82 Å². The zero-order valence-electron chi connectivity index (χ0n) is 13.4. The summed E-state index contributed by atoms with van der Waals surface area (Å²) in [4.78, 5) is 14.4. The van der Waals surface area contributed by atoms with Crippen molar-refractivity contribution in [1.82, 2.24) is 15.1 Å². The summed E-state index contributed by atoms with van der Waals surface area (Å²) in [5.41, 5.74) is 1.25. The number of halogens is 1. The van der Waals surface area contributed by atoms with Gasteiger partial charge >= 0.3 is 0 Å². The number of nitrogens with one attached hydrogen (secondary N) is 2. The third-order valence-corrected chi connectivity index (χ3v) is 5.29. The third kappa shape index (κ3) is 2.32. The molecule has 1 aromatic carbocycles. The molecule has 5 nitrogen and oxygen atoms in total. The molecule has 6 heteroatoms. The van der Waals surface area contributed by atoms with Crippen molar-refractivity contribution in [1.29, 1.82) is 0 Å². The highest BCUT2D eigenvalue weighted by molar-refractivity contribution is 5.96. The topological polar surface area (TPSA) is 61.0 Å². The van der Waals surface area contributed by atoms with Gasteiger partial charge in [-0.1, -0.05) is 0 Å². The van der Waals surface area contributed by atoms with Crippen molar-refractivity contribution < 1.29 is 4.39 Å². The number of benzene rings is 1. The van der Waals surface area contributed by atoms with Gasteiger partial charge in [0.05, 0.1) is 11.1 Å². The number of piperidine rings is 1. The average molecular weight is 316 g/mol. The first-order chi connectivity index (χ1) is 11.0. The summed E-state index contributed by atoms with van der Waals surface area (Å²) < 4.78 is 13.8. The molecule has 3 heterocycles. The minimum Gasteiger partial charge on any atom is -0.381 e. The van der Waals surface area contributed by atoms with Crippen LogP contribution in [0, 0.1) is 11.7 Å². The highest BCUT2D eigenvalue weighted by Crippen LogP contribution is 2.42. The van der Waals surface area contributed by atoms with Gasteiger partial charge in [0.15, 0.2) is 0 Å². The second-order valence-corrected chi connectivity index (χ2v) is 6.94. The Kier molecular flexibility index (Phi) is 3.37. The van der Waals surface area contributed by atoms with Crippen molar-refractivity contribution >= 4 is 16.5 Å². The van der Waals surface area contributed by atoms with E-state index in [0.29, 0.717) is 17.0 Å². The van der Waals surface area contributed by atoms with Crippen LogP contribution < -0.4 is 10.9 Å². The number of rotatable bonds is 1. The number of likely N-dealkylation sites (tertiary alicyclic amines) is 1. The number of aromatic nitrogens is 2. The monoisotopic (exact) mass is 316 g/mol. The van der Waals surface area contributed by atoms with Crippen LogP contribution in [0.1, 0.15) is 31.4 Å². The van der Waals surface area contributed by atoms with Crippen molar-refractivity contribution in [2.45, 2.75) is 31.7 Å². The van der Waals surface area contributed by atoms with E-state index in [9.17, 15) is 9.18 Å². The predicted octanol–water partition coefficient (Wildman–Crippen LogP) is 2.30. The molecule has 1 saturated heterocycles. The van der Waals surface area contributed by atoms with E-state index in [-0.39, 0.29) is 17.5 Å². The van der Waals surface area contributed by atoms with Crippen molar-refractivity contribution in [3.8, 4) is 0 Å².